The van der Waals surface area contributed by atoms with Crippen LogP contribution in [0.2, 0.25) is 0 Å². The smallest absolute Gasteiger partial charge is 0.119 e. The summed E-state index contributed by atoms with van der Waals surface area (Å²) < 4.78 is 0. The molecule has 1 aliphatic rings. The summed E-state index contributed by atoms with van der Waals surface area (Å²) >= 11 is 0. The lowest BCUT2D eigenvalue weighted by molar-refractivity contribution is 0.463. The second-order valence-electron chi connectivity index (χ2n) is 5.64. The maximum atomic E-state index is 10.0. The summed E-state index contributed by atoms with van der Waals surface area (Å²) in [6.45, 7) is 9.26. The molecule has 0 bridgehead atoms. The number of hydrogen-bond donors (Lipinski definition) is 2. The van der Waals surface area contributed by atoms with Gasteiger partial charge in [-0.3, -0.25) is 0 Å². The molecule has 1 aromatic carbocycles. The van der Waals surface area contributed by atoms with Gasteiger partial charge in [0.25, 0.3) is 0 Å². The van der Waals surface area contributed by atoms with Crippen LogP contribution in [0.5, 0.6) is 5.75 Å². The fourth-order valence-electron chi connectivity index (χ4n) is 2.87. The minimum atomic E-state index is 0.230. The summed E-state index contributed by atoms with van der Waals surface area (Å²) in [4.78, 5) is 0. The molecule has 0 saturated heterocycles. The molecule has 1 fully saturated rings. The molecule has 1 aromatic rings. The van der Waals surface area contributed by atoms with Crippen LogP contribution in [0.15, 0.2) is 12.1 Å². The normalized spacial score (nSPS) is 26.8. The van der Waals surface area contributed by atoms with E-state index in [1.54, 1.807) is 0 Å². The number of aryl methyl sites for hydroxylation is 2. The molecule has 0 radical (unpaired) electrons. The van der Waals surface area contributed by atoms with Crippen molar-refractivity contribution in [1.82, 2.24) is 0 Å². The highest BCUT2D eigenvalue weighted by atomic mass is 16.3. The maximum Gasteiger partial charge on any atom is 0.119 e. The third kappa shape index (κ3) is 1.52. The van der Waals surface area contributed by atoms with E-state index in [0.717, 1.165) is 11.1 Å². The molecule has 0 heterocycles. The predicted molar refractivity (Wildman–Crippen MR) is 66.6 cm³/mol. The van der Waals surface area contributed by atoms with E-state index in [-0.39, 0.29) is 5.41 Å². The number of aromatic hydroxyl groups is 1. The largest absolute Gasteiger partial charge is 0.508 e. The summed E-state index contributed by atoms with van der Waals surface area (Å²) in [6, 6.07) is 3.99. The lowest BCUT2D eigenvalue weighted by Gasteiger charge is -2.09. The van der Waals surface area contributed by atoms with Gasteiger partial charge in [0.05, 0.1) is 0 Å². The Hall–Kier alpha value is -1.02. The zero-order valence-corrected chi connectivity index (χ0v) is 10.5. The van der Waals surface area contributed by atoms with Crippen molar-refractivity contribution in [2.45, 2.75) is 33.6 Å². The Morgan fingerprint density at radius 1 is 1.25 bits per heavy atom. The average Bonchev–Trinajstić information content (AvgIpc) is 2.74. The Labute approximate surface area is 97.5 Å². The molecule has 16 heavy (non-hydrogen) atoms. The zero-order valence-electron chi connectivity index (χ0n) is 10.5. The molecule has 1 aliphatic carbocycles. The molecule has 0 amide bonds. The predicted octanol–water partition coefficient (Wildman–Crippen LogP) is 2.71. The van der Waals surface area contributed by atoms with Gasteiger partial charge in [-0.2, -0.15) is 0 Å². The third-order valence-electron chi connectivity index (χ3n) is 4.28. The van der Waals surface area contributed by atoms with Crippen LogP contribution >= 0.6 is 0 Å². The van der Waals surface area contributed by atoms with Gasteiger partial charge < -0.3 is 10.8 Å². The lowest BCUT2D eigenvalue weighted by Crippen LogP contribution is -2.05. The van der Waals surface area contributed by atoms with Gasteiger partial charge in [0.15, 0.2) is 0 Å². The molecular formula is C14H21NO. The van der Waals surface area contributed by atoms with Crippen molar-refractivity contribution in [2.24, 2.45) is 17.1 Å². The molecular weight excluding hydrogens is 198 g/mol. The molecule has 0 unspecified atom stereocenters. The highest BCUT2D eigenvalue weighted by molar-refractivity contribution is 5.47. The zero-order chi connectivity index (χ0) is 12.1. The summed E-state index contributed by atoms with van der Waals surface area (Å²) in [7, 11) is 0. The van der Waals surface area contributed by atoms with Crippen molar-refractivity contribution in [1.29, 1.82) is 0 Å². The van der Waals surface area contributed by atoms with Crippen molar-refractivity contribution in [3.05, 3.63) is 28.8 Å². The Bertz CT molecular complexity index is 423. The number of benzene rings is 1. The van der Waals surface area contributed by atoms with Crippen molar-refractivity contribution in [2.75, 3.05) is 6.54 Å². The van der Waals surface area contributed by atoms with Crippen molar-refractivity contribution in [3.63, 3.8) is 0 Å². The van der Waals surface area contributed by atoms with Crippen LogP contribution in [0.3, 0.4) is 0 Å². The van der Waals surface area contributed by atoms with Gasteiger partial charge in [0.1, 0.15) is 5.75 Å². The fraction of sp³-hybridized carbons (Fsp3) is 0.571. The first-order valence-electron chi connectivity index (χ1n) is 5.89. The first kappa shape index (κ1) is 11.5. The van der Waals surface area contributed by atoms with Crippen LogP contribution in [0.25, 0.3) is 0 Å². The minimum absolute atomic E-state index is 0.230. The van der Waals surface area contributed by atoms with E-state index in [9.17, 15) is 5.11 Å². The topological polar surface area (TPSA) is 46.2 Å². The Kier molecular flexibility index (Phi) is 2.50. The first-order chi connectivity index (χ1) is 7.39. The molecule has 2 heteroatoms. The standard InChI is InChI=1S/C14H21NO/c1-8-5-10(12(16)6-9(8)2)13-11(7-15)14(13,3)4/h5-6,11,13,16H,7,15H2,1-4H3/t11-,13-/m1/s1. The second-order valence-corrected chi connectivity index (χ2v) is 5.64. The summed E-state index contributed by atoms with van der Waals surface area (Å²) in [5.74, 6) is 1.34. The van der Waals surface area contributed by atoms with Crippen LogP contribution < -0.4 is 5.73 Å². The van der Waals surface area contributed by atoms with Gasteiger partial charge >= 0.3 is 0 Å². The van der Waals surface area contributed by atoms with Crippen LogP contribution in [0.4, 0.5) is 0 Å². The summed E-state index contributed by atoms with van der Waals surface area (Å²) in [5, 5.41) is 10.0. The Balaban J connectivity index is 2.40. The van der Waals surface area contributed by atoms with E-state index in [1.165, 1.54) is 5.56 Å². The van der Waals surface area contributed by atoms with Crippen LogP contribution in [-0.2, 0) is 0 Å². The molecule has 0 aliphatic heterocycles. The summed E-state index contributed by atoms with van der Waals surface area (Å²) in [6.07, 6.45) is 0. The van der Waals surface area contributed by atoms with E-state index in [0.29, 0.717) is 24.1 Å². The van der Waals surface area contributed by atoms with Crippen molar-refractivity contribution in [3.8, 4) is 5.75 Å². The third-order valence-corrected chi connectivity index (χ3v) is 4.28. The van der Waals surface area contributed by atoms with Crippen molar-refractivity contribution < 1.29 is 5.11 Å². The monoisotopic (exact) mass is 219 g/mol. The van der Waals surface area contributed by atoms with Gasteiger partial charge in [-0.05, 0) is 60.4 Å². The number of hydrogen-bond acceptors (Lipinski definition) is 2. The maximum absolute atomic E-state index is 10.0. The van der Waals surface area contributed by atoms with E-state index in [4.69, 9.17) is 5.73 Å². The molecule has 1 saturated carbocycles. The highest BCUT2D eigenvalue weighted by Gasteiger charge is 2.58. The van der Waals surface area contributed by atoms with Crippen LogP contribution in [0, 0.1) is 25.2 Å². The highest BCUT2D eigenvalue weighted by Crippen LogP contribution is 2.65. The summed E-state index contributed by atoms with van der Waals surface area (Å²) in [5.41, 5.74) is 9.46. The number of phenols is 1. The lowest BCUT2D eigenvalue weighted by atomic mass is 9.98. The van der Waals surface area contributed by atoms with Gasteiger partial charge in [0.2, 0.25) is 0 Å². The van der Waals surface area contributed by atoms with Crippen LogP contribution in [-0.4, -0.2) is 11.7 Å². The first-order valence-corrected chi connectivity index (χ1v) is 5.89. The Morgan fingerprint density at radius 3 is 2.31 bits per heavy atom. The van der Waals surface area contributed by atoms with Gasteiger partial charge in [0, 0.05) is 0 Å². The minimum Gasteiger partial charge on any atom is -0.508 e. The molecule has 2 nitrogen and oxygen atoms in total. The van der Waals surface area contributed by atoms with E-state index >= 15 is 0 Å². The SMILES string of the molecule is Cc1cc(O)c([C@@H]2[C@@H](CN)C2(C)C)cc1C. The molecule has 0 aromatic heterocycles. The van der Waals surface area contributed by atoms with Gasteiger partial charge in [-0.25, -0.2) is 0 Å². The molecule has 3 N–H and O–H groups in total. The number of phenolic OH excluding ortho intramolecular Hbond substituents is 1. The number of nitrogens with two attached hydrogens (primary N) is 1. The number of rotatable bonds is 2. The van der Waals surface area contributed by atoms with E-state index in [2.05, 4.69) is 26.8 Å². The molecule has 2 rings (SSSR count). The quantitative estimate of drug-likeness (QED) is 0.803. The van der Waals surface area contributed by atoms with E-state index < -0.39 is 0 Å². The van der Waals surface area contributed by atoms with Crippen molar-refractivity contribution >= 4 is 0 Å². The van der Waals surface area contributed by atoms with Gasteiger partial charge in [-0.1, -0.05) is 19.9 Å². The molecule has 88 valence electrons. The Morgan fingerprint density at radius 2 is 1.81 bits per heavy atom. The van der Waals surface area contributed by atoms with Crippen LogP contribution in [0.1, 0.15) is 36.5 Å². The van der Waals surface area contributed by atoms with Gasteiger partial charge in [-0.15, -0.1) is 0 Å². The average molecular weight is 219 g/mol. The second kappa shape index (κ2) is 3.49. The molecule has 0 spiro atoms. The fourth-order valence-corrected chi connectivity index (χ4v) is 2.87. The molecule has 2 atom stereocenters. The van der Waals surface area contributed by atoms with E-state index in [1.807, 2.05) is 13.0 Å².